The molecule has 0 aliphatic rings. The van der Waals surface area contributed by atoms with E-state index in [0.717, 1.165) is 19.4 Å². The van der Waals surface area contributed by atoms with E-state index in [2.05, 4.69) is 32.1 Å². The Bertz CT molecular complexity index is 265. The van der Waals surface area contributed by atoms with Crippen LogP contribution in [-0.2, 0) is 13.0 Å². The Kier molecular flexibility index (Phi) is 4.14. The van der Waals surface area contributed by atoms with Crippen LogP contribution in [0.3, 0.4) is 0 Å². The van der Waals surface area contributed by atoms with Gasteiger partial charge < -0.3 is 5.73 Å². The zero-order chi connectivity index (χ0) is 10.6. The normalized spacial score (nSPS) is 13.5. The molecule has 0 spiro atoms. The van der Waals surface area contributed by atoms with Gasteiger partial charge >= 0.3 is 0 Å². The number of nitrogens with two attached hydrogens (primary N) is 1. The third-order valence-corrected chi connectivity index (χ3v) is 2.47. The van der Waals surface area contributed by atoms with Gasteiger partial charge in [-0.15, -0.1) is 0 Å². The molecule has 0 saturated carbocycles. The van der Waals surface area contributed by atoms with E-state index in [-0.39, 0.29) is 6.04 Å². The van der Waals surface area contributed by atoms with Crippen molar-refractivity contribution >= 4 is 0 Å². The van der Waals surface area contributed by atoms with Crippen molar-refractivity contribution in [2.24, 2.45) is 11.7 Å². The molecule has 80 valence electrons. The number of rotatable bonds is 5. The van der Waals surface area contributed by atoms with Crippen LogP contribution in [-0.4, -0.2) is 15.8 Å². The average molecular weight is 195 g/mol. The quantitative estimate of drug-likeness (QED) is 0.779. The van der Waals surface area contributed by atoms with Crippen molar-refractivity contribution in [3.8, 4) is 0 Å². The lowest BCUT2D eigenvalue weighted by Gasteiger charge is -2.13. The summed E-state index contributed by atoms with van der Waals surface area (Å²) in [6.45, 7) is 7.46. The highest BCUT2D eigenvalue weighted by atomic mass is 15.3. The number of aromatic nitrogens is 2. The second kappa shape index (κ2) is 5.15. The van der Waals surface area contributed by atoms with Gasteiger partial charge in [-0.3, -0.25) is 4.68 Å². The molecule has 1 rings (SSSR count). The molecular formula is C11H21N3. The molecule has 0 aliphatic heterocycles. The molecule has 0 amide bonds. The fourth-order valence-electron chi connectivity index (χ4n) is 1.37. The summed E-state index contributed by atoms with van der Waals surface area (Å²) in [6.07, 6.45) is 6.09. The van der Waals surface area contributed by atoms with Gasteiger partial charge in [0.05, 0.1) is 6.20 Å². The Labute approximate surface area is 86.3 Å². The van der Waals surface area contributed by atoms with E-state index >= 15 is 0 Å². The lowest BCUT2D eigenvalue weighted by Crippen LogP contribution is -2.28. The van der Waals surface area contributed by atoms with E-state index < -0.39 is 0 Å². The largest absolute Gasteiger partial charge is 0.327 e. The van der Waals surface area contributed by atoms with Gasteiger partial charge in [-0.05, 0) is 24.3 Å². The summed E-state index contributed by atoms with van der Waals surface area (Å²) < 4.78 is 1.99. The predicted molar refractivity (Wildman–Crippen MR) is 59.0 cm³/mol. The molecule has 2 N–H and O–H groups in total. The molecule has 1 atom stereocenters. The number of hydrogen-bond donors (Lipinski definition) is 1. The third-order valence-electron chi connectivity index (χ3n) is 2.47. The van der Waals surface area contributed by atoms with Crippen LogP contribution in [0.2, 0.25) is 0 Å². The summed E-state index contributed by atoms with van der Waals surface area (Å²) in [5.74, 6) is 0.532. The Morgan fingerprint density at radius 1 is 1.50 bits per heavy atom. The number of hydrogen-bond acceptors (Lipinski definition) is 2. The highest BCUT2D eigenvalue weighted by Crippen LogP contribution is 2.07. The average Bonchev–Trinajstić information content (AvgIpc) is 2.53. The minimum absolute atomic E-state index is 0.245. The van der Waals surface area contributed by atoms with Gasteiger partial charge in [-0.2, -0.15) is 5.10 Å². The molecule has 0 aromatic carbocycles. The van der Waals surface area contributed by atoms with E-state index in [1.54, 1.807) is 0 Å². The van der Waals surface area contributed by atoms with Crippen molar-refractivity contribution in [1.29, 1.82) is 0 Å². The Hall–Kier alpha value is -0.830. The Morgan fingerprint density at radius 2 is 2.21 bits per heavy atom. The zero-order valence-corrected chi connectivity index (χ0v) is 9.40. The topological polar surface area (TPSA) is 43.8 Å². The van der Waals surface area contributed by atoms with E-state index in [1.807, 2.05) is 10.9 Å². The molecule has 0 saturated heterocycles. The second-order valence-corrected chi connectivity index (χ2v) is 4.22. The van der Waals surface area contributed by atoms with Crippen molar-refractivity contribution in [3.63, 3.8) is 0 Å². The van der Waals surface area contributed by atoms with Crippen LogP contribution < -0.4 is 5.73 Å². The fourth-order valence-corrected chi connectivity index (χ4v) is 1.37. The number of aryl methyl sites for hydroxylation is 1. The summed E-state index contributed by atoms with van der Waals surface area (Å²) in [7, 11) is 0. The fraction of sp³-hybridized carbons (Fsp3) is 0.727. The van der Waals surface area contributed by atoms with E-state index in [9.17, 15) is 0 Å². The molecule has 0 fully saturated rings. The summed E-state index contributed by atoms with van der Waals surface area (Å²) in [6, 6.07) is 0.245. The highest BCUT2D eigenvalue weighted by molar-refractivity contribution is 5.06. The van der Waals surface area contributed by atoms with Gasteiger partial charge in [0, 0.05) is 18.8 Å². The van der Waals surface area contributed by atoms with Crippen molar-refractivity contribution in [2.75, 3.05) is 0 Å². The van der Waals surface area contributed by atoms with Gasteiger partial charge in [0.1, 0.15) is 0 Å². The highest BCUT2D eigenvalue weighted by Gasteiger charge is 2.09. The second-order valence-electron chi connectivity index (χ2n) is 4.22. The molecule has 1 heterocycles. The molecular weight excluding hydrogens is 174 g/mol. The van der Waals surface area contributed by atoms with Crippen molar-refractivity contribution < 1.29 is 0 Å². The molecule has 0 radical (unpaired) electrons. The van der Waals surface area contributed by atoms with Gasteiger partial charge in [0.25, 0.3) is 0 Å². The van der Waals surface area contributed by atoms with Crippen LogP contribution >= 0.6 is 0 Å². The Balaban J connectivity index is 2.50. The van der Waals surface area contributed by atoms with E-state index in [0.29, 0.717) is 5.92 Å². The van der Waals surface area contributed by atoms with Crippen LogP contribution in [0.25, 0.3) is 0 Å². The van der Waals surface area contributed by atoms with Crippen LogP contribution in [0, 0.1) is 5.92 Å². The van der Waals surface area contributed by atoms with Crippen molar-refractivity contribution in [1.82, 2.24) is 9.78 Å². The van der Waals surface area contributed by atoms with Gasteiger partial charge in [0.2, 0.25) is 0 Å². The molecule has 1 aromatic rings. The summed E-state index contributed by atoms with van der Waals surface area (Å²) in [4.78, 5) is 0. The van der Waals surface area contributed by atoms with Gasteiger partial charge in [-0.1, -0.05) is 20.8 Å². The molecule has 1 unspecified atom stereocenters. The molecule has 0 aliphatic carbocycles. The third kappa shape index (κ3) is 3.14. The van der Waals surface area contributed by atoms with Crippen LogP contribution in [0.4, 0.5) is 0 Å². The van der Waals surface area contributed by atoms with Gasteiger partial charge in [0.15, 0.2) is 0 Å². The smallest absolute Gasteiger partial charge is 0.0522 e. The molecule has 0 bridgehead atoms. The lowest BCUT2D eigenvalue weighted by molar-refractivity contribution is 0.490. The van der Waals surface area contributed by atoms with Crippen LogP contribution in [0.5, 0.6) is 0 Å². The maximum Gasteiger partial charge on any atom is 0.0522 e. The maximum absolute atomic E-state index is 5.99. The lowest BCUT2D eigenvalue weighted by atomic mass is 9.99. The van der Waals surface area contributed by atoms with E-state index in [1.165, 1.54) is 5.56 Å². The standard InChI is InChI=1S/C11H21N3/c1-4-5-14-8-10(7-13-14)6-11(12)9(2)3/h7-9,11H,4-6,12H2,1-3H3. The first-order valence-corrected chi connectivity index (χ1v) is 5.40. The summed E-state index contributed by atoms with van der Waals surface area (Å²) >= 11 is 0. The first-order valence-electron chi connectivity index (χ1n) is 5.40. The predicted octanol–water partition coefficient (Wildman–Crippen LogP) is 1.82. The minimum atomic E-state index is 0.245. The zero-order valence-electron chi connectivity index (χ0n) is 9.40. The Morgan fingerprint density at radius 3 is 2.79 bits per heavy atom. The maximum atomic E-state index is 5.99. The first kappa shape index (κ1) is 11.2. The molecule has 3 nitrogen and oxygen atoms in total. The number of nitrogens with zero attached hydrogens (tertiary/aromatic N) is 2. The molecule has 14 heavy (non-hydrogen) atoms. The minimum Gasteiger partial charge on any atom is -0.327 e. The first-order chi connectivity index (χ1) is 6.63. The van der Waals surface area contributed by atoms with Crippen molar-refractivity contribution in [2.45, 2.75) is 46.2 Å². The summed E-state index contributed by atoms with van der Waals surface area (Å²) in [5.41, 5.74) is 7.24. The SMILES string of the molecule is CCCn1cc(CC(N)C(C)C)cn1. The van der Waals surface area contributed by atoms with E-state index in [4.69, 9.17) is 5.73 Å². The monoisotopic (exact) mass is 195 g/mol. The molecule has 3 heteroatoms. The van der Waals surface area contributed by atoms with Crippen LogP contribution in [0.15, 0.2) is 12.4 Å². The van der Waals surface area contributed by atoms with Gasteiger partial charge in [-0.25, -0.2) is 0 Å². The molecule has 1 aromatic heterocycles. The summed E-state index contributed by atoms with van der Waals surface area (Å²) in [5, 5.41) is 4.28. The van der Waals surface area contributed by atoms with Crippen LogP contribution in [0.1, 0.15) is 32.8 Å². The van der Waals surface area contributed by atoms with Crippen molar-refractivity contribution in [3.05, 3.63) is 18.0 Å².